The number of aliphatic carboxylic acids is 2. The number of rotatable bonds is 6. The van der Waals surface area contributed by atoms with Gasteiger partial charge in [-0.15, -0.1) is 0 Å². The van der Waals surface area contributed by atoms with Crippen LogP contribution in [-0.4, -0.2) is 70.1 Å². The fourth-order valence-corrected chi connectivity index (χ4v) is 3.75. The molecule has 12 nitrogen and oxygen atoms in total. The number of nitrogen functional groups attached to an aromatic ring is 1. The van der Waals surface area contributed by atoms with Gasteiger partial charge in [-0.25, -0.2) is 9.59 Å². The lowest BCUT2D eigenvalue weighted by atomic mass is 9.96. The van der Waals surface area contributed by atoms with Gasteiger partial charge in [-0.2, -0.15) is 26.3 Å². The number of hydrogen-bond acceptors (Lipinski definition) is 8. The van der Waals surface area contributed by atoms with Crippen molar-refractivity contribution in [3.8, 4) is 0 Å². The minimum atomic E-state index is -5.08. The van der Waals surface area contributed by atoms with Crippen molar-refractivity contribution in [1.29, 1.82) is 0 Å². The van der Waals surface area contributed by atoms with Crippen molar-refractivity contribution in [3.63, 3.8) is 0 Å². The van der Waals surface area contributed by atoms with Crippen molar-refractivity contribution < 1.29 is 60.3 Å². The zero-order chi connectivity index (χ0) is 33.2. The summed E-state index contributed by atoms with van der Waals surface area (Å²) >= 11 is 0. The zero-order valence-corrected chi connectivity index (χ0v) is 22.7. The van der Waals surface area contributed by atoms with E-state index in [0.29, 0.717) is 30.3 Å². The molecule has 2 aromatic carbocycles. The molecular formula is C26H27F6N5O7. The van der Waals surface area contributed by atoms with Crippen molar-refractivity contribution >= 4 is 40.5 Å². The van der Waals surface area contributed by atoms with E-state index >= 15 is 0 Å². The molecule has 4 rings (SSSR count). The normalized spacial score (nSPS) is 16.9. The molecule has 18 heteroatoms. The van der Waals surface area contributed by atoms with Crippen molar-refractivity contribution in [1.82, 2.24) is 21.1 Å². The summed E-state index contributed by atoms with van der Waals surface area (Å²) < 4.78 is 68.6. The van der Waals surface area contributed by atoms with Crippen LogP contribution in [0.5, 0.6) is 0 Å². The molecule has 1 saturated heterocycles. The van der Waals surface area contributed by atoms with Crippen LogP contribution in [0.15, 0.2) is 53.1 Å². The summed E-state index contributed by atoms with van der Waals surface area (Å²) in [5, 5.41) is 27.6. The third kappa shape index (κ3) is 10.8. The maximum atomic E-state index is 12.6. The van der Waals surface area contributed by atoms with Gasteiger partial charge in [0.2, 0.25) is 11.8 Å². The Kier molecular flexibility index (Phi) is 12.1. The first-order chi connectivity index (χ1) is 20.4. The van der Waals surface area contributed by atoms with E-state index in [2.05, 4.69) is 33.2 Å². The van der Waals surface area contributed by atoms with Gasteiger partial charge in [-0.3, -0.25) is 9.59 Å². The molecule has 2 amide bonds. The SMILES string of the molecule is C[C@H](NC(=O)[C@H]1C[C@H](c2ccccc2)CN1)C(=O)NCc1ccc2c(N)noc2c1.O=C(O)C(F)(F)F.O=C(O)C(F)(F)F. The molecule has 0 radical (unpaired) electrons. The van der Waals surface area contributed by atoms with Crippen LogP contribution in [0.1, 0.15) is 30.4 Å². The number of nitrogens with one attached hydrogen (secondary N) is 3. The van der Waals surface area contributed by atoms with Crippen molar-refractivity contribution in [2.45, 2.75) is 50.2 Å². The van der Waals surface area contributed by atoms with Gasteiger partial charge in [0.05, 0.1) is 11.4 Å². The van der Waals surface area contributed by atoms with Crippen LogP contribution in [0, 0.1) is 0 Å². The first-order valence-corrected chi connectivity index (χ1v) is 12.5. The number of hydrogen-bond donors (Lipinski definition) is 6. The number of alkyl halides is 6. The Labute approximate surface area is 244 Å². The minimum Gasteiger partial charge on any atom is -0.475 e. The molecule has 1 aliphatic heterocycles. The van der Waals surface area contributed by atoms with E-state index in [0.717, 1.165) is 17.5 Å². The van der Waals surface area contributed by atoms with Gasteiger partial charge in [0.25, 0.3) is 0 Å². The van der Waals surface area contributed by atoms with E-state index in [9.17, 15) is 35.9 Å². The van der Waals surface area contributed by atoms with Gasteiger partial charge < -0.3 is 36.4 Å². The predicted molar refractivity (Wildman–Crippen MR) is 141 cm³/mol. The molecule has 1 fully saturated rings. The van der Waals surface area contributed by atoms with E-state index in [4.69, 9.17) is 30.1 Å². The molecule has 240 valence electrons. The molecule has 0 aliphatic carbocycles. The number of carbonyl (C=O) groups is 4. The number of benzene rings is 2. The summed E-state index contributed by atoms with van der Waals surface area (Å²) in [5.74, 6) is -5.29. The second-order valence-electron chi connectivity index (χ2n) is 9.26. The highest BCUT2D eigenvalue weighted by atomic mass is 19.4. The van der Waals surface area contributed by atoms with E-state index in [1.807, 2.05) is 30.3 Å². The fraction of sp³-hybridized carbons (Fsp3) is 0.346. The number of carbonyl (C=O) groups excluding carboxylic acids is 2. The Balaban J connectivity index is 0.000000402. The molecular weight excluding hydrogens is 608 g/mol. The molecule has 0 unspecified atom stereocenters. The highest BCUT2D eigenvalue weighted by Crippen LogP contribution is 2.25. The maximum Gasteiger partial charge on any atom is 0.490 e. The lowest BCUT2D eigenvalue weighted by Gasteiger charge is -2.17. The molecule has 3 atom stereocenters. The summed E-state index contributed by atoms with van der Waals surface area (Å²) in [5.41, 5.74) is 8.35. The van der Waals surface area contributed by atoms with Crippen LogP contribution < -0.4 is 21.7 Å². The van der Waals surface area contributed by atoms with Crippen LogP contribution in [0.2, 0.25) is 0 Å². The summed E-state index contributed by atoms with van der Waals surface area (Å²) in [7, 11) is 0. The maximum absolute atomic E-state index is 12.6. The molecule has 7 N–H and O–H groups in total. The first-order valence-electron chi connectivity index (χ1n) is 12.5. The molecule has 0 bridgehead atoms. The van der Waals surface area contributed by atoms with Crippen LogP contribution in [0.25, 0.3) is 11.0 Å². The van der Waals surface area contributed by atoms with E-state index in [-0.39, 0.29) is 17.9 Å². The quantitative estimate of drug-likeness (QED) is 0.219. The zero-order valence-electron chi connectivity index (χ0n) is 22.7. The minimum absolute atomic E-state index is 0.158. The van der Waals surface area contributed by atoms with Gasteiger partial charge in [0, 0.05) is 13.1 Å². The number of carboxylic acid groups (broad SMARTS) is 2. The van der Waals surface area contributed by atoms with E-state index in [1.165, 1.54) is 5.56 Å². The third-order valence-electron chi connectivity index (χ3n) is 5.99. The highest BCUT2D eigenvalue weighted by molar-refractivity contribution is 5.90. The number of fused-ring (bicyclic) bond motifs is 1. The lowest BCUT2D eigenvalue weighted by molar-refractivity contribution is -0.193. The third-order valence-corrected chi connectivity index (χ3v) is 5.99. The molecule has 1 aromatic heterocycles. The molecule has 3 aromatic rings. The number of aromatic nitrogens is 1. The molecule has 0 spiro atoms. The van der Waals surface area contributed by atoms with Gasteiger partial charge in [-0.1, -0.05) is 41.6 Å². The second kappa shape index (κ2) is 15.0. The van der Waals surface area contributed by atoms with Gasteiger partial charge in [-0.05, 0) is 42.5 Å². The number of nitrogens with zero attached hydrogens (tertiary/aromatic N) is 1. The number of anilines is 1. The Morgan fingerprint density at radius 2 is 1.59 bits per heavy atom. The van der Waals surface area contributed by atoms with Crippen LogP contribution in [0.4, 0.5) is 32.2 Å². The Morgan fingerprint density at radius 3 is 2.14 bits per heavy atom. The number of carboxylic acids is 2. The van der Waals surface area contributed by atoms with Crippen LogP contribution in [0.3, 0.4) is 0 Å². The Bertz CT molecular complexity index is 1420. The summed E-state index contributed by atoms with van der Waals surface area (Å²) in [6, 6.07) is 14.6. The molecule has 2 heterocycles. The monoisotopic (exact) mass is 635 g/mol. The molecule has 0 saturated carbocycles. The molecule has 1 aliphatic rings. The second-order valence-corrected chi connectivity index (χ2v) is 9.26. The summed E-state index contributed by atoms with van der Waals surface area (Å²) in [4.78, 5) is 42.8. The number of amides is 2. The largest absolute Gasteiger partial charge is 0.490 e. The van der Waals surface area contributed by atoms with E-state index in [1.54, 1.807) is 13.0 Å². The topological polar surface area (TPSA) is 197 Å². The highest BCUT2D eigenvalue weighted by Gasteiger charge is 2.39. The summed E-state index contributed by atoms with van der Waals surface area (Å²) in [6.45, 7) is 2.74. The number of nitrogens with two attached hydrogens (primary N) is 1. The average molecular weight is 636 g/mol. The lowest BCUT2D eigenvalue weighted by Crippen LogP contribution is -2.49. The fourth-order valence-electron chi connectivity index (χ4n) is 3.75. The standard InChI is InChI=1S/C22H25N5O3.2C2HF3O2/c1-13(21(28)25-11-14-7-8-17-19(9-14)30-27-20(17)23)26-22(29)18-10-16(12-24-18)15-5-3-2-4-6-15;2*3-2(4,5)1(6)7/h2-9,13,16,18,24H,10-12H2,1H3,(H2,23,27)(H,25,28)(H,26,29);2*(H,6,7)/t13-,16-,18+;;/m0../s1. The van der Waals surface area contributed by atoms with Crippen molar-refractivity contribution in [2.75, 3.05) is 12.3 Å². The summed E-state index contributed by atoms with van der Waals surface area (Å²) in [6.07, 6.45) is -9.45. The predicted octanol–water partition coefficient (Wildman–Crippen LogP) is 2.94. The smallest absolute Gasteiger partial charge is 0.475 e. The van der Waals surface area contributed by atoms with Crippen LogP contribution in [-0.2, 0) is 25.7 Å². The van der Waals surface area contributed by atoms with Crippen LogP contribution >= 0.6 is 0 Å². The van der Waals surface area contributed by atoms with Gasteiger partial charge in [0.15, 0.2) is 11.4 Å². The van der Waals surface area contributed by atoms with Gasteiger partial charge >= 0.3 is 24.3 Å². The van der Waals surface area contributed by atoms with Crippen molar-refractivity contribution in [2.24, 2.45) is 0 Å². The Hall–Kier alpha value is -4.87. The first kappa shape index (κ1) is 35.3. The average Bonchev–Trinajstić information content (AvgIpc) is 3.59. The molecule has 44 heavy (non-hydrogen) atoms. The number of halogens is 6. The van der Waals surface area contributed by atoms with Gasteiger partial charge in [0.1, 0.15) is 6.04 Å². The van der Waals surface area contributed by atoms with E-state index < -0.39 is 30.3 Å². The van der Waals surface area contributed by atoms with Crippen molar-refractivity contribution in [3.05, 3.63) is 59.7 Å². The Morgan fingerprint density at radius 1 is 1.02 bits per heavy atom.